The number of hydrogen-bond acceptors (Lipinski definition) is 3. The lowest BCUT2D eigenvalue weighted by molar-refractivity contribution is 0.311. The Morgan fingerprint density at radius 2 is 1.95 bits per heavy atom. The van der Waals surface area contributed by atoms with Gasteiger partial charge < -0.3 is 15.4 Å². The van der Waals surface area contributed by atoms with Crippen molar-refractivity contribution in [2.45, 2.75) is 19.9 Å². The number of guanidine groups is 1. The number of para-hydroxylation sites is 1. The summed E-state index contributed by atoms with van der Waals surface area (Å²) in [5, 5.41) is 6.61. The van der Waals surface area contributed by atoms with Gasteiger partial charge in [-0.05, 0) is 37.6 Å². The van der Waals surface area contributed by atoms with Crippen molar-refractivity contribution in [1.29, 1.82) is 0 Å². The molecule has 22 heavy (non-hydrogen) atoms. The predicted octanol–water partition coefficient (Wildman–Crippen LogP) is 3.19. The number of benzene rings is 1. The van der Waals surface area contributed by atoms with Gasteiger partial charge in [0.1, 0.15) is 5.75 Å². The molecule has 5 heteroatoms. The molecule has 0 spiro atoms. The number of hydrogen-bond donors (Lipinski definition) is 2. The lowest BCUT2D eigenvalue weighted by Crippen LogP contribution is -2.37. The van der Waals surface area contributed by atoms with E-state index in [2.05, 4.69) is 34.7 Å². The van der Waals surface area contributed by atoms with E-state index in [-0.39, 0.29) is 0 Å². The van der Waals surface area contributed by atoms with Crippen LogP contribution in [0.5, 0.6) is 5.75 Å². The first-order chi connectivity index (χ1) is 10.8. The first-order valence-electron chi connectivity index (χ1n) is 7.45. The van der Waals surface area contributed by atoms with Gasteiger partial charge >= 0.3 is 0 Å². The summed E-state index contributed by atoms with van der Waals surface area (Å²) >= 11 is 1.80. The molecule has 0 saturated heterocycles. The molecule has 0 bridgehead atoms. The summed E-state index contributed by atoms with van der Waals surface area (Å²) in [6.45, 7) is 4.45. The quantitative estimate of drug-likeness (QED) is 0.468. The van der Waals surface area contributed by atoms with E-state index in [1.165, 1.54) is 9.75 Å². The lowest BCUT2D eigenvalue weighted by atomic mass is 10.3. The van der Waals surface area contributed by atoms with Gasteiger partial charge in [-0.15, -0.1) is 11.3 Å². The Labute approximate surface area is 136 Å². The summed E-state index contributed by atoms with van der Waals surface area (Å²) < 4.78 is 5.65. The third-order valence-corrected chi connectivity index (χ3v) is 4.08. The van der Waals surface area contributed by atoms with Crippen molar-refractivity contribution in [3.05, 3.63) is 52.2 Å². The number of aliphatic imine (C=N–C) groups is 1. The average Bonchev–Trinajstić information content (AvgIpc) is 2.96. The topological polar surface area (TPSA) is 45.7 Å². The van der Waals surface area contributed by atoms with Crippen molar-refractivity contribution in [2.75, 3.05) is 20.2 Å². The van der Waals surface area contributed by atoms with Gasteiger partial charge in [-0.2, -0.15) is 0 Å². The summed E-state index contributed by atoms with van der Waals surface area (Å²) in [6, 6.07) is 14.2. The highest BCUT2D eigenvalue weighted by Gasteiger charge is 2.00. The van der Waals surface area contributed by atoms with Gasteiger partial charge in [0.25, 0.3) is 0 Å². The predicted molar refractivity (Wildman–Crippen MR) is 93.8 cm³/mol. The molecule has 4 nitrogen and oxygen atoms in total. The summed E-state index contributed by atoms with van der Waals surface area (Å²) in [6.07, 6.45) is 0.924. The van der Waals surface area contributed by atoms with Gasteiger partial charge in [0.15, 0.2) is 5.96 Å². The van der Waals surface area contributed by atoms with Crippen LogP contribution in [0.4, 0.5) is 0 Å². The number of aryl methyl sites for hydroxylation is 1. The zero-order valence-corrected chi connectivity index (χ0v) is 14.0. The van der Waals surface area contributed by atoms with E-state index in [1.807, 2.05) is 30.3 Å². The van der Waals surface area contributed by atoms with Gasteiger partial charge in [0.2, 0.25) is 0 Å². The molecule has 2 aromatic rings. The Morgan fingerprint density at radius 1 is 1.14 bits per heavy atom. The molecule has 0 atom stereocenters. The minimum absolute atomic E-state index is 0.693. The molecule has 0 radical (unpaired) electrons. The van der Waals surface area contributed by atoms with Crippen molar-refractivity contribution in [2.24, 2.45) is 4.99 Å². The van der Waals surface area contributed by atoms with E-state index < -0.39 is 0 Å². The van der Waals surface area contributed by atoms with E-state index in [0.29, 0.717) is 6.61 Å². The molecule has 0 unspecified atom stereocenters. The maximum Gasteiger partial charge on any atom is 0.191 e. The molecule has 0 aliphatic heterocycles. The SMILES string of the molecule is CN=C(NCCCOc1ccccc1)NCc1ccc(C)s1. The van der Waals surface area contributed by atoms with E-state index in [9.17, 15) is 0 Å². The van der Waals surface area contributed by atoms with Crippen LogP contribution in [0.2, 0.25) is 0 Å². The van der Waals surface area contributed by atoms with Gasteiger partial charge in [-0.1, -0.05) is 18.2 Å². The number of rotatable bonds is 7. The second kappa shape index (κ2) is 9.10. The van der Waals surface area contributed by atoms with Gasteiger partial charge in [-0.3, -0.25) is 4.99 Å². The number of ether oxygens (including phenoxy) is 1. The summed E-state index contributed by atoms with van der Waals surface area (Å²) in [5.74, 6) is 1.74. The van der Waals surface area contributed by atoms with Gasteiger partial charge in [0, 0.05) is 23.3 Å². The van der Waals surface area contributed by atoms with Gasteiger partial charge in [-0.25, -0.2) is 0 Å². The molecule has 0 aliphatic carbocycles. The largest absolute Gasteiger partial charge is 0.494 e. The van der Waals surface area contributed by atoms with Crippen LogP contribution >= 0.6 is 11.3 Å². The fourth-order valence-electron chi connectivity index (χ4n) is 1.96. The van der Waals surface area contributed by atoms with Gasteiger partial charge in [0.05, 0.1) is 13.2 Å². The molecule has 1 aromatic heterocycles. The molecule has 118 valence electrons. The monoisotopic (exact) mass is 317 g/mol. The first kappa shape index (κ1) is 16.4. The molecule has 1 heterocycles. The number of nitrogens with zero attached hydrogens (tertiary/aromatic N) is 1. The van der Waals surface area contributed by atoms with Crippen LogP contribution in [0.25, 0.3) is 0 Å². The summed E-state index contributed by atoms with van der Waals surface area (Å²) in [7, 11) is 1.79. The van der Waals surface area contributed by atoms with Crippen molar-refractivity contribution < 1.29 is 4.74 Å². The van der Waals surface area contributed by atoms with E-state index in [1.54, 1.807) is 18.4 Å². The molecular weight excluding hydrogens is 294 g/mol. The molecule has 0 aliphatic rings. The van der Waals surface area contributed by atoms with Crippen LogP contribution in [0, 0.1) is 6.92 Å². The van der Waals surface area contributed by atoms with Crippen LogP contribution in [0.15, 0.2) is 47.5 Å². The van der Waals surface area contributed by atoms with Crippen molar-refractivity contribution in [1.82, 2.24) is 10.6 Å². The standard InChI is InChI=1S/C17H23N3OS/c1-14-9-10-16(22-14)13-20-17(18-2)19-11-6-12-21-15-7-4-3-5-8-15/h3-5,7-10H,6,11-13H2,1-2H3,(H2,18,19,20). The third-order valence-electron chi connectivity index (χ3n) is 3.08. The molecule has 2 rings (SSSR count). The Hall–Kier alpha value is -2.01. The van der Waals surface area contributed by atoms with Crippen molar-refractivity contribution in [3.63, 3.8) is 0 Å². The van der Waals surface area contributed by atoms with Crippen LogP contribution in [-0.2, 0) is 6.54 Å². The maximum absolute atomic E-state index is 5.65. The normalized spacial score (nSPS) is 11.3. The Kier molecular flexibility index (Phi) is 6.77. The zero-order chi connectivity index (χ0) is 15.6. The number of nitrogens with one attached hydrogen (secondary N) is 2. The van der Waals surface area contributed by atoms with Crippen LogP contribution in [0.3, 0.4) is 0 Å². The minimum atomic E-state index is 0.693. The van der Waals surface area contributed by atoms with Crippen LogP contribution < -0.4 is 15.4 Å². The second-order valence-electron chi connectivity index (χ2n) is 4.88. The smallest absolute Gasteiger partial charge is 0.191 e. The second-order valence-corrected chi connectivity index (χ2v) is 6.25. The fraction of sp³-hybridized carbons (Fsp3) is 0.353. The Balaban J connectivity index is 1.60. The highest BCUT2D eigenvalue weighted by Crippen LogP contribution is 2.14. The van der Waals surface area contributed by atoms with Crippen LogP contribution in [-0.4, -0.2) is 26.2 Å². The van der Waals surface area contributed by atoms with Crippen molar-refractivity contribution in [3.8, 4) is 5.75 Å². The molecule has 1 aromatic carbocycles. The average molecular weight is 317 g/mol. The highest BCUT2D eigenvalue weighted by molar-refractivity contribution is 7.11. The molecule has 0 fully saturated rings. The summed E-state index contributed by atoms with van der Waals surface area (Å²) in [5.41, 5.74) is 0. The molecular formula is C17H23N3OS. The van der Waals surface area contributed by atoms with Crippen molar-refractivity contribution >= 4 is 17.3 Å². The maximum atomic E-state index is 5.65. The van der Waals surface area contributed by atoms with E-state index in [0.717, 1.165) is 31.2 Å². The minimum Gasteiger partial charge on any atom is -0.494 e. The third kappa shape index (κ3) is 5.77. The molecule has 2 N–H and O–H groups in total. The highest BCUT2D eigenvalue weighted by atomic mass is 32.1. The Bertz CT molecular complexity index is 581. The Morgan fingerprint density at radius 3 is 2.64 bits per heavy atom. The summed E-state index contributed by atoms with van der Waals surface area (Å²) in [4.78, 5) is 6.87. The molecule has 0 saturated carbocycles. The fourth-order valence-corrected chi connectivity index (χ4v) is 2.79. The van der Waals surface area contributed by atoms with E-state index in [4.69, 9.17) is 4.74 Å². The first-order valence-corrected chi connectivity index (χ1v) is 8.27. The lowest BCUT2D eigenvalue weighted by Gasteiger charge is -2.11. The zero-order valence-electron chi connectivity index (χ0n) is 13.1. The molecule has 0 amide bonds. The number of thiophene rings is 1. The van der Waals surface area contributed by atoms with E-state index >= 15 is 0 Å². The van der Waals surface area contributed by atoms with Crippen LogP contribution in [0.1, 0.15) is 16.2 Å².